The zero-order valence-corrected chi connectivity index (χ0v) is 13.3. The maximum Gasteiger partial charge on any atom is 0.171 e. The summed E-state index contributed by atoms with van der Waals surface area (Å²) in [4.78, 5) is 18.1. The lowest BCUT2D eigenvalue weighted by Crippen LogP contribution is -2.40. The molecule has 4 heterocycles. The summed E-state index contributed by atoms with van der Waals surface area (Å²) in [5.74, 6) is 0.615. The summed E-state index contributed by atoms with van der Waals surface area (Å²) in [6, 6.07) is 6.01. The van der Waals surface area contributed by atoms with Crippen molar-refractivity contribution in [1.29, 1.82) is 0 Å². The first-order chi connectivity index (χ1) is 11.8. The number of imidazole rings is 1. The van der Waals surface area contributed by atoms with Gasteiger partial charge in [-0.05, 0) is 31.5 Å². The van der Waals surface area contributed by atoms with Crippen molar-refractivity contribution in [2.45, 2.75) is 18.9 Å². The average Bonchev–Trinajstić information content (AvgIpc) is 3.06. The molecule has 0 aromatic carbocycles. The molecule has 1 fully saturated rings. The highest BCUT2D eigenvalue weighted by atomic mass is 15.0. The standard InChI is InChI=1S/C18H18N6/c1-2-13-14(6-5-8-20-13)22-17-12-19-10-15(23-17)16-11-21-18-7-3-4-9-24(16)18/h2-4,7,9-13,20H,1,5-6,8H2/t13-/m0/s1. The molecule has 0 aliphatic carbocycles. The first kappa shape index (κ1) is 14.7. The highest BCUT2D eigenvalue weighted by Gasteiger charge is 2.17. The Bertz CT molecular complexity index is 911. The number of fused-ring (bicyclic) bond motifs is 1. The van der Waals surface area contributed by atoms with E-state index >= 15 is 0 Å². The summed E-state index contributed by atoms with van der Waals surface area (Å²) >= 11 is 0. The second-order valence-electron chi connectivity index (χ2n) is 5.71. The number of rotatable bonds is 3. The van der Waals surface area contributed by atoms with Crippen molar-refractivity contribution in [3.63, 3.8) is 0 Å². The summed E-state index contributed by atoms with van der Waals surface area (Å²) in [5.41, 5.74) is 3.60. The van der Waals surface area contributed by atoms with Crippen LogP contribution in [0, 0.1) is 0 Å². The van der Waals surface area contributed by atoms with Crippen molar-refractivity contribution in [1.82, 2.24) is 24.7 Å². The fraction of sp³-hybridized carbons (Fsp3) is 0.222. The van der Waals surface area contributed by atoms with E-state index in [9.17, 15) is 0 Å². The van der Waals surface area contributed by atoms with Crippen molar-refractivity contribution in [3.8, 4) is 11.4 Å². The van der Waals surface area contributed by atoms with Gasteiger partial charge in [-0.3, -0.25) is 9.38 Å². The SMILES string of the molecule is C=C[C@@H]1NCCCC1=Nc1cncc(-c2cnc3ccccn23)n1. The van der Waals surface area contributed by atoms with Crippen molar-refractivity contribution in [2.24, 2.45) is 4.99 Å². The molecule has 1 aliphatic rings. The van der Waals surface area contributed by atoms with Gasteiger partial charge in [0.2, 0.25) is 0 Å². The lowest BCUT2D eigenvalue weighted by Gasteiger charge is -2.22. The van der Waals surface area contributed by atoms with E-state index in [0.717, 1.165) is 42.1 Å². The Hall–Kier alpha value is -2.86. The van der Waals surface area contributed by atoms with E-state index in [1.54, 1.807) is 12.4 Å². The molecule has 3 aromatic rings. The van der Waals surface area contributed by atoms with Crippen LogP contribution in [0.25, 0.3) is 17.0 Å². The summed E-state index contributed by atoms with van der Waals surface area (Å²) in [7, 11) is 0. The summed E-state index contributed by atoms with van der Waals surface area (Å²) in [5, 5.41) is 3.39. The number of pyridine rings is 1. The number of nitrogens with one attached hydrogen (secondary N) is 1. The van der Waals surface area contributed by atoms with Crippen LogP contribution in [0.5, 0.6) is 0 Å². The Labute approximate surface area is 140 Å². The van der Waals surface area contributed by atoms with Gasteiger partial charge in [0.15, 0.2) is 5.82 Å². The zero-order chi connectivity index (χ0) is 16.4. The zero-order valence-electron chi connectivity index (χ0n) is 13.3. The molecule has 6 nitrogen and oxygen atoms in total. The molecule has 6 heteroatoms. The van der Waals surface area contributed by atoms with E-state index in [0.29, 0.717) is 5.82 Å². The predicted octanol–water partition coefficient (Wildman–Crippen LogP) is 2.80. The van der Waals surface area contributed by atoms with Gasteiger partial charge in [-0.15, -0.1) is 6.58 Å². The van der Waals surface area contributed by atoms with E-state index in [4.69, 9.17) is 4.99 Å². The van der Waals surface area contributed by atoms with Gasteiger partial charge in [-0.2, -0.15) is 0 Å². The van der Waals surface area contributed by atoms with Crippen molar-refractivity contribution in [3.05, 3.63) is 55.6 Å². The molecule has 0 amide bonds. The van der Waals surface area contributed by atoms with Gasteiger partial charge in [0.1, 0.15) is 11.3 Å². The molecule has 0 unspecified atom stereocenters. The third-order valence-corrected chi connectivity index (χ3v) is 4.13. The average molecular weight is 318 g/mol. The smallest absolute Gasteiger partial charge is 0.171 e. The van der Waals surface area contributed by atoms with E-state index in [1.807, 2.05) is 41.1 Å². The molecule has 120 valence electrons. The molecule has 1 atom stereocenters. The molecule has 0 bridgehead atoms. The first-order valence-corrected chi connectivity index (χ1v) is 8.03. The minimum atomic E-state index is 0.111. The lowest BCUT2D eigenvalue weighted by atomic mass is 10.0. The molecule has 3 aromatic heterocycles. The van der Waals surface area contributed by atoms with Crippen LogP contribution in [-0.4, -0.2) is 37.7 Å². The molecule has 4 rings (SSSR count). The third-order valence-electron chi connectivity index (χ3n) is 4.13. The van der Waals surface area contributed by atoms with Crippen molar-refractivity contribution < 1.29 is 0 Å². The van der Waals surface area contributed by atoms with Crippen molar-refractivity contribution >= 4 is 17.2 Å². The van der Waals surface area contributed by atoms with Gasteiger partial charge in [-0.1, -0.05) is 12.1 Å². The van der Waals surface area contributed by atoms with Crippen LogP contribution in [0.15, 0.2) is 60.6 Å². The number of hydrogen-bond donors (Lipinski definition) is 1. The van der Waals surface area contributed by atoms with Crippen LogP contribution in [0.3, 0.4) is 0 Å². The van der Waals surface area contributed by atoms with Gasteiger partial charge >= 0.3 is 0 Å². The molecule has 1 aliphatic heterocycles. The summed E-state index contributed by atoms with van der Waals surface area (Å²) in [6.07, 6.45) is 11.1. The van der Waals surface area contributed by atoms with Gasteiger partial charge in [-0.25, -0.2) is 15.0 Å². The van der Waals surface area contributed by atoms with Gasteiger partial charge in [0.25, 0.3) is 0 Å². The normalized spacial score (nSPS) is 19.7. The number of hydrogen-bond acceptors (Lipinski definition) is 5. The summed E-state index contributed by atoms with van der Waals surface area (Å²) < 4.78 is 2.00. The van der Waals surface area contributed by atoms with Crippen LogP contribution in [0.4, 0.5) is 5.82 Å². The Morgan fingerprint density at radius 3 is 3.17 bits per heavy atom. The Morgan fingerprint density at radius 2 is 2.25 bits per heavy atom. The fourth-order valence-electron chi connectivity index (χ4n) is 2.95. The number of aromatic nitrogens is 4. The Kier molecular flexibility index (Phi) is 3.88. The van der Waals surface area contributed by atoms with Gasteiger partial charge < -0.3 is 5.32 Å². The maximum atomic E-state index is 4.70. The van der Waals surface area contributed by atoms with E-state index < -0.39 is 0 Å². The second-order valence-corrected chi connectivity index (χ2v) is 5.71. The number of nitrogens with zero attached hydrogens (tertiary/aromatic N) is 5. The quantitative estimate of drug-likeness (QED) is 0.754. The molecule has 1 saturated heterocycles. The molecule has 0 saturated carbocycles. The predicted molar refractivity (Wildman–Crippen MR) is 94.5 cm³/mol. The third kappa shape index (κ3) is 2.72. The number of piperidine rings is 1. The minimum absolute atomic E-state index is 0.111. The second kappa shape index (κ2) is 6.33. The maximum absolute atomic E-state index is 4.70. The highest BCUT2D eigenvalue weighted by molar-refractivity contribution is 5.93. The largest absolute Gasteiger partial charge is 0.306 e. The van der Waals surface area contributed by atoms with Crippen molar-refractivity contribution in [2.75, 3.05) is 6.54 Å². The van der Waals surface area contributed by atoms with E-state index in [1.165, 1.54) is 0 Å². The fourth-order valence-corrected chi connectivity index (χ4v) is 2.95. The Balaban J connectivity index is 1.72. The molecular weight excluding hydrogens is 300 g/mol. The van der Waals surface area contributed by atoms with Crippen LogP contribution in [0.1, 0.15) is 12.8 Å². The lowest BCUT2D eigenvalue weighted by molar-refractivity contribution is 0.615. The topological polar surface area (TPSA) is 67.5 Å². The Morgan fingerprint density at radius 1 is 1.29 bits per heavy atom. The molecule has 0 radical (unpaired) electrons. The monoisotopic (exact) mass is 318 g/mol. The number of aliphatic imine (C=N–C) groups is 1. The molecular formula is C18H18N6. The minimum Gasteiger partial charge on any atom is -0.306 e. The van der Waals surface area contributed by atoms with Gasteiger partial charge in [0.05, 0.1) is 30.3 Å². The van der Waals surface area contributed by atoms with Crippen LogP contribution in [-0.2, 0) is 0 Å². The molecule has 24 heavy (non-hydrogen) atoms. The van der Waals surface area contributed by atoms with E-state index in [2.05, 4.69) is 26.8 Å². The summed E-state index contributed by atoms with van der Waals surface area (Å²) in [6.45, 7) is 4.87. The molecule has 1 N–H and O–H groups in total. The van der Waals surface area contributed by atoms with E-state index in [-0.39, 0.29) is 6.04 Å². The van der Waals surface area contributed by atoms with Crippen LogP contribution < -0.4 is 5.32 Å². The first-order valence-electron chi connectivity index (χ1n) is 8.03. The van der Waals surface area contributed by atoms with Crippen LogP contribution in [0.2, 0.25) is 0 Å². The van der Waals surface area contributed by atoms with Gasteiger partial charge in [0, 0.05) is 11.9 Å². The van der Waals surface area contributed by atoms with Crippen LogP contribution >= 0.6 is 0 Å². The highest BCUT2D eigenvalue weighted by Crippen LogP contribution is 2.21. The molecule has 0 spiro atoms.